The number of phenols is 1. The average Bonchev–Trinajstić information content (AvgIpc) is 3.16. The first-order valence-electron chi connectivity index (χ1n) is 13.7. The van der Waals surface area contributed by atoms with Crippen LogP contribution in [0, 0.1) is 17.3 Å². The monoisotopic (exact) mass is 532 g/mol. The molecule has 4 rings (SSSR count). The summed E-state index contributed by atoms with van der Waals surface area (Å²) >= 11 is 0. The number of esters is 1. The van der Waals surface area contributed by atoms with Gasteiger partial charge in [0.25, 0.3) is 0 Å². The lowest BCUT2D eigenvalue weighted by molar-refractivity contribution is -0.214. The molecule has 1 aromatic rings. The Morgan fingerprint density at radius 2 is 1.97 bits per heavy atom. The number of carboxylic acid groups (broad SMARTS) is 1. The number of methoxy groups -OCH3 is 1. The maximum atomic E-state index is 13.3. The highest BCUT2D eigenvalue weighted by atomic mass is 16.7. The Morgan fingerprint density at radius 1 is 1.24 bits per heavy atom. The highest BCUT2D eigenvalue weighted by Crippen LogP contribution is 2.56. The third-order valence-corrected chi connectivity index (χ3v) is 8.95. The largest absolute Gasteiger partial charge is 0.507 e. The van der Waals surface area contributed by atoms with Crippen LogP contribution in [0.5, 0.6) is 11.5 Å². The van der Waals surface area contributed by atoms with Crippen LogP contribution in [0.2, 0.25) is 0 Å². The molecule has 1 spiro atoms. The third kappa shape index (κ3) is 4.79. The van der Waals surface area contributed by atoms with Crippen LogP contribution in [-0.4, -0.2) is 53.5 Å². The van der Waals surface area contributed by atoms with E-state index in [0.717, 1.165) is 31.2 Å². The van der Waals surface area contributed by atoms with E-state index in [1.165, 1.54) is 13.2 Å². The van der Waals surface area contributed by atoms with Gasteiger partial charge in [0.2, 0.25) is 5.79 Å². The van der Waals surface area contributed by atoms with E-state index in [9.17, 15) is 24.6 Å². The smallest absolute Gasteiger partial charge is 0.343 e. The Kier molecular flexibility index (Phi) is 8.09. The molecule has 210 valence electrons. The van der Waals surface area contributed by atoms with Crippen LogP contribution in [0.3, 0.4) is 0 Å². The van der Waals surface area contributed by atoms with Gasteiger partial charge in [0.05, 0.1) is 25.9 Å². The number of hydrogen-bond donors (Lipinski definition) is 2. The van der Waals surface area contributed by atoms with Crippen LogP contribution in [0.1, 0.15) is 100 Å². The van der Waals surface area contributed by atoms with Gasteiger partial charge < -0.3 is 29.2 Å². The summed E-state index contributed by atoms with van der Waals surface area (Å²) in [6, 6.07) is 1.53. The summed E-state index contributed by atoms with van der Waals surface area (Å²) in [5, 5.41) is 20.6. The van der Waals surface area contributed by atoms with Crippen LogP contribution >= 0.6 is 0 Å². The predicted octanol–water partition coefficient (Wildman–Crippen LogP) is 4.96. The third-order valence-electron chi connectivity index (χ3n) is 8.95. The van der Waals surface area contributed by atoms with Gasteiger partial charge in [0.1, 0.15) is 28.3 Å². The highest BCUT2D eigenvalue weighted by Gasteiger charge is 2.57. The van der Waals surface area contributed by atoms with Gasteiger partial charge in [-0.25, -0.2) is 4.79 Å². The van der Waals surface area contributed by atoms with Crippen LogP contribution in [0.4, 0.5) is 0 Å². The number of carbonyl (C=O) groups is 3. The van der Waals surface area contributed by atoms with Crippen LogP contribution in [0.25, 0.3) is 0 Å². The van der Waals surface area contributed by atoms with Crippen molar-refractivity contribution in [1.82, 2.24) is 0 Å². The SMILES string of the molecule is CCCCC[C@@H]1Cc2cc(O)c(C(=O)O)c3c2[C@H](C[C@]2(OC[C@@H](CC(=O)[C@](C)(CC)C(=O)OC)[C@@H]2C)O3)O1. The molecule has 38 heavy (non-hydrogen) atoms. The summed E-state index contributed by atoms with van der Waals surface area (Å²) in [7, 11) is 1.27. The zero-order chi connectivity index (χ0) is 27.8. The van der Waals surface area contributed by atoms with E-state index in [-0.39, 0.29) is 53.8 Å². The first kappa shape index (κ1) is 28.4. The van der Waals surface area contributed by atoms with Gasteiger partial charge in [-0.15, -0.1) is 0 Å². The number of aromatic carboxylic acids is 1. The molecule has 0 aliphatic carbocycles. The first-order chi connectivity index (χ1) is 18.0. The number of benzene rings is 1. The van der Waals surface area contributed by atoms with Crippen molar-refractivity contribution in [3.8, 4) is 11.5 Å². The summed E-state index contributed by atoms with van der Waals surface area (Å²) in [5.74, 6) is -4.13. The molecule has 0 saturated carbocycles. The quantitative estimate of drug-likeness (QED) is 0.244. The number of carbonyl (C=O) groups excluding carboxylic acids is 2. The minimum Gasteiger partial charge on any atom is -0.507 e. The van der Waals surface area contributed by atoms with E-state index < -0.39 is 29.2 Å². The zero-order valence-electron chi connectivity index (χ0n) is 23.0. The van der Waals surface area contributed by atoms with Gasteiger partial charge in [0.15, 0.2) is 0 Å². The number of Topliss-reactive ketones (excluding diaryl/α,β-unsaturated/α-hetero) is 1. The van der Waals surface area contributed by atoms with Crippen LogP contribution < -0.4 is 4.74 Å². The van der Waals surface area contributed by atoms with Gasteiger partial charge in [-0.1, -0.05) is 40.0 Å². The molecular weight excluding hydrogens is 492 g/mol. The van der Waals surface area contributed by atoms with Crippen molar-refractivity contribution in [3.63, 3.8) is 0 Å². The topological polar surface area (TPSA) is 129 Å². The number of ketones is 1. The molecule has 9 nitrogen and oxygen atoms in total. The molecule has 0 bridgehead atoms. The Labute approximate surface area is 223 Å². The molecule has 1 aromatic carbocycles. The summed E-state index contributed by atoms with van der Waals surface area (Å²) in [6.45, 7) is 7.65. The summed E-state index contributed by atoms with van der Waals surface area (Å²) < 4.78 is 24.1. The van der Waals surface area contributed by atoms with Crippen molar-refractivity contribution in [1.29, 1.82) is 0 Å². The molecule has 1 fully saturated rings. The number of rotatable bonds is 10. The molecule has 3 heterocycles. The molecule has 0 amide bonds. The number of hydrogen-bond acceptors (Lipinski definition) is 8. The fourth-order valence-corrected chi connectivity index (χ4v) is 6.19. The van der Waals surface area contributed by atoms with E-state index in [1.807, 2.05) is 6.92 Å². The second-order valence-electron chi connectivity index (χ2n) is 11.2. The average molecular weight is 533 g/mol. The van der Waals surface area contributed by atoms with E-state index in [0.29, 0.717) is 24.8 Å². The van der Waals surface area contributed by atoms with Crippen molar-refractivity contribution in [2.45, 2.75) is 97.1 Å². The van der Waals surface area contributed by atoms with Crippen LogP contribution in [0.15, 0.2) is 6.07 Å². The van der Waals surface area contributed by atoms with Gasteiger partial charge in [-0.3, -0.25) is 9.59 Å². The Hall–Kier alpha value is -2.65. The number of unbranched alkanes of at least 4 members (excludes halogenated alkanes) is 2. The van der Waals surface area contributed by atoms with Gasteiger partial charge >= 0.3 is 11.9 Å². The Balaban J connectivity index is 1.65. The Bertz CT molecular complexity index is 1100. The summed E-state index contributed by atoms with van der Waals surface area (Å²) in [4.78, 5) is 37.8. The molecule has 3 aliphatic heterocycles. The van der Waals surface area contributed by atoms with Crippen molar-refractivity contribution in [2.75, 3.05) is 13.7 Å². The predicted molar refractivity (Wildman–Crippen MR) is 137 cm³/mol. The molecule has 0 unspecified atom stereocenters. The van der Waals surface area contributed by atoms with Crippen LogP contribution in [-0.2, 0) is 30.2 Å². The summed E-state index contributed by atoms with van der Waals surface area (Å²) in [6.07, 6.45) is 4.88. The van der Waals surface area contributed by atoms with E-state index in [1.54, 1.807) is 13.8 Å². The lowest BCUT2D eigenvalue weighted by Gasteiger charge is -2.46. The lowest BCUT2D eigenvalue weighted by atomic mass is 9.75. The van der Waals surface area contributed by atoms with E-state index >= 15 is 0 Å². The van der Waals surface area contributed by atoms with Crippen molar-refractivity contribution < 1.29 is 43.5 Å². The van der Waals surface area contributed by atoms with E-state index in [4.69, 9.17) is 18.9 Å². The standard InChI is InChI=1S/C29H40O9/c1-6-8-9-10-19-11-17-12-20(30)24(26(32)33)25-23(17)21(37-19)14-29(38-25)16(3)18(15-36-29)13-22(31)28(4,7-2)27(34)35-5/h12,16,18-19,21,30H,6-11,13-15H2,1-5H3,(H,32,33)/t16-,18+,19+,21-,28-,29-/m0/s1. The zero-order valence-corrected chi connectivity index (χ0v) is 23.0. The molecule has 3 aliphatic rings. The van der Waals surface area contributed by atoms with Crippen molar-refractivity contribution in [2.24, 2.45) is 17.3 Å². The maximum Gasteiger partial charge on any atom is 0.343 e. The first-order valence-corrected chi connectivity index (χ1v) is 13.7. The van der Waals surface area contributed by atoms with Crippen molar-refractivity contribution >= 4 is 17.7 Å². The Morgan fingerprint density at radius 3 is 2.61 bits per heavy atom. The molecular formula is C29H40O9. The second-order valence-corrected chi connectivity index (χ2v) is 11.2. The minimum atomic E-state index is -1.30. The normalized spacial score (nSPS) is 29.3. The number of ether oxygens (including phenoxy) is 4. The fraction of sp³-hybridized carbons (Fsp3) is 0.690. The van der Waals surface area contributed by atoms with Gasteiger partial charge in [-0.2, -0.15) is 0 Å². The summed E-state index contributed by atoms with van der Waals surface area (Å²) in [5.41, 5.74) is -0.0542. The molecule has 0 radical (unpaired) electrons. The van der Waals surface area contributed by atoms with Gasteiger partial charge in [-0.05, 0) is 43.7 Å². The maximum absolute atomic E-state index is 13.3. The fourth-order valence-electron chi connectivity index (χ4n) is 6.19. The molecule has 9 heteroatoms. The number of aromatic hydroxyl groups is 1. The van der Waals surface area contributed by atoms with Crippen molar-refractivity contribution in [3.05, 3.63) is 22.8 Å². The van der Waals surface area contributed by atoms with E-state index in [2.05, 4.69) is 6.92 Å². The highest BCUT2D eigenvalue weighted by molar-refractivity contribution is 6.03. The molecule has 6 atom stereocenters. The number of carboxylic acids is 1. The minimum absolute atomic E-state index is 0.0588. The lowest BCUT2D eigenvalue weighted by Crippen LogP contribution is -2.48. The molecule has 0 aromatic heterocycles. The molecule has 1 saturated heterocycles. The van der Waals surface area contributed by atoms with Gasteiger partial charge in [0, 0.05) is 24.3 Å². The molecule has 2 N–H and O–H groups in total. The second kappa shape index (κ2) is 10.8.